The van der Waals surface area contributed by atoms with Crippen LogP contribution in [0, 0.1) is 6.92 Å². The smallest absolute Gasteiger partial charge is 0.358 e. The molecule has 0 saturated carbocycles. The van der Waals surface area contributed by atoms with E-state index in [2.05, 4.69) is 4.98 Å². The summed E-state index contributed by atoms with van der Waals surface area (Å²) in [4.78, 5) is 15.6. The molecule has 0 aromatic carbocycles. The first-order valence-electron chi connectivity index (χ1n) is 5.04. The normalized spacial score (nSPS) is 10.6. The van der Waals surface area contributed by atoms with E-state index in [1.807, 2.05) is 6.92 Å². The zero-order chi connectivity index (χ0) is 11.7. The molecule has 5 heteroatoms. The lowest BCUT2D eigenvalue weighted by Gasteiger charge is -2.01. The fourth-order valence-corrected chi connectivity index (χ4v) is 1.51. The summed E-state index contributed by atoms with van der Waals surface area (Å²) >= 11 is 0. The van der Waals surface area contributed by atoms with Gasteiger partial charge in [0.15, 0.2) is 5.69 Å². The van der Waals surface area contributed by atoms with E-state index >= 15 is 0 Å². The molecule has 2 heterocycles. The first kappa shape index (κ1) is 10.5. The van der Waals surface area contributed by atoms with E-state index in [9.17, 15) is 4.79 Å². The summed E-state index contributed by atoms with van der Waals surface area (Å²) < 4.78 is 6.66. The van der Waals surface area contributed by atoms with Gasteiger partial charge in [0, 0.05) is 11.9 Å². The quantitative estimate of drug-likeness (QED) is 0.775. The minimum atomic E-state index is -0.413. The van der Waals surface area contributed by atoms with E-state index in [1.54, 1.807) is 29.7 Å². The van der Waals surface area contributed by atoms with Crippen molar-refractivity contribution in [2.75, 3.05) is 12.3 Å². The number of nitrogens with two attached hydrogens (primary N) is 1. The standard InChI is InChI=1S/C11H13N3O2/c1-3-16-11(15)9-6-14-7(2)8(12)4-5-10(14)13-9/h4-6H,3,12H2,1-2H3. The average molecular weight is 219 g/mol. The monoisotopic (exact) mass is 219 g/mol. The number of fused-ring (bicyclic) bond motifs is 1. The number of esters is 1. The van der Waals surface area contributed by atoms with Gasteiger partial charge in [0.2, 0.25) is 0 Å². The van der Waals surface area contributed by atoms with Gasteiger partial charge in [-0.3, -0.25) is 0 Å². The number of imidazole rings is 1. The molecule has 2 aromatic rings. The van der Waals surface area contributed by atoms with Crippen molar-refractivity contribution < 1.29 is 9.53 Å². The Bertz CT molecular complexity index is 545. The molecular weight excluding hydrogens is 206 g/mol. The van der Waals surface area contributed by atoms with Gasteiger partial charge in [-0.15, -0.1) is 0 Å². The highest BCUT2D eigenvalue weighted by molar-refractivity contribution is 5.88. The van der Waals surface area contributed by atoms with Crippen LogP contribution in [-0.2, 0) is 4.74 Å². The lowest BCUT2D eigenvalue weighted by Crippen LogP contribution is -2.04. The van der Waals surface area contributed by atoms with Crippen LogP contribution in [-0.4, -0.2) is 22.0 Å². The van der Waals surface area contributed by atoms with Crippen LogP contribution in [0.1, 0.15) is 23.1 Å². The summed E-state index contributed by atoms with van der Waals surface area (Å²) in [5, 5.41) is 0. The molecule has 0 aliphatic heterocycles. The van der Waals surface area contributed by atoms with Crippen LogP contribution in [0.25, 0.3) is 5.65 Å². The number of ether oxygens (including phenoxy) is 1. The van der Waals surface area contributed by atoms with E-state index in [1.165, 1.54) is 0 Å². The van der Waals surface area contributed by atoms with Gasteiger partial charge in [0.05, 0.1) is 12.3 Å². The van der Waals surface area contributed by atoms with Crippen LogP contribution in [0.3, 0.4) is 0 Å². The lowest BCUT2D eigenvalue weighted by atomic mass is 10.3. The van der Waals surface area contributed by atoms with Gasteiger partial charge >= 0.3 is 5.97 Å². The van der Waals surface area contributed by atoms with Crippen molar-refractivity contribution >= 4 is 17.3 Å². The number of nitrogen functional groups attached to an aromatic ring is 1. The molecule has 5 nitrogen and oxygen atoms in total. The van der Waals surface area contributed by atoms with Crippen molar-refractivity contribution in [1.29, 1.82) is 0 Å². The summed E-state index contributed by atoms with van der Waals surface area (Å²) in [6, 6.07) is 3.54. The molecule has 0 atom stereocenters. The molecule has 2 aromatic heterocycles. The van der Waals surface area contributed by atoms with E-state index < -0.39 is 5.97 Å². The Morgan fingerprint density at radius 1 is 1.56 bits per heavy atom. The SMILES string of the molecule is CCOC(=O)c1cn2c(C)c(N)ccc2n1. The minimum Gasteiger partial charge on any atom is -0.461 e. The second kappa shape index (κ2) is 3.84. The Morgan fingerprint density at radius 2 is 2.31 bits per heavy atom. The number of anilines is 1. The van der Waals surface area contributed by atoms with E-state index in [0.29, 0.717) is 23.6 Å². The molecule has 2 rings (SSSR count). The Labute approximate surface area is 92.8 Å². The maximum absolute atomic E-state index is 11.5. The Hall–Kier alpha value is -2.04. The van der Waals surface area contributed by atoms with Crippen LogP contribution >= 0.6 is 0 Å². The number of nitrogens with zero attached hydrogens (tertiary/aromatic N) is 2. The maximum atomic E-state index is 11.5. The summed E-state index contributed by atoms with van der Waals surface area (Å²) in [6.45, 7) is 3.98. The zero-order valence-electron chi connectivity index (χ0n) is 9.23. The number of rotatable bonds is 2. The Kier molecular flexibility index (Phi) is 2.52. The molecule has 0 unspecified atom stereocenters. The molecule has 0 radical (unpaired) electrons. The first-order chi connectivity index (χ1) is 7.63. The van der Waals surface area contributed by atoms with Crippen LogP contribution in [0.15, 0.2) is 18.3 Å². The molecule has 16 heavy (non-hydrogen) atoms. The number of aromatic nitrogens is 2. The summed E-state index contributed by atoms with van der Waals surface area (Å²) in [6.07, 6.45) is 1.64. The summed E-state index contributed by atoms with van der Waals surface area (Å²) in [7, 11) is 0. The predicted molar refractivity (Wildman–Crippen MR) is 60.3 cm³/mol. The molecule has 84 valence electrons. The van der Waals surface area contributed by atoms with Crippen LogP contribution in [0.4, 0.5) is 5.69 Å². The molecule has 0 saturated heterocycles. The summed E-state index contributed by atoms with van der Waals surface area (Å²) in [5.41, 5.74) is 8.28. The molecule has 0 amide bonds. The molecule has 0 bridgehead atoms. The van der Waals surface area contributed by atoms with Crippen molar-refractivity contribution in [2.24, 2.45) is 0 Å². The molecule has 0 aliphatic carbocycles. The van der Waals surface area contributed by atoms with Gasteiger partial charge in [-0.1, -0.05) is 0 Å². The van der Waals surface area contributed by atoms with Crippen molar-refractivity contribution in [3.05, 3.63) is 29.7 Å². The van der Waals surface area contributed by atoms with Gasteiger partial charge in [0.1, 0.15) is 5.65 Å². The fraction of sp³-hybridized carbons (Fsp3) is 0.273. The van der Waals surface area contributed by atoms with Gasteiger partial charge in [-0.05, 0) is 26.0 Å². The van der Waals surface area contributed by atoms with Gasteiger partial charge < -0.3 is 14.9 Å². The number of hydrogen-bond acceptors (Lipinski definition) is 4. The number of carbonyl (C=O) groups is 1. The maximum Gasteiger partial charge on any atom is 0.358 e. The highest BCUT2D eigenvalue weighted by Crippen LogP contribution is 2.15. The number of carbonyl (C=O) groups excluding carboxylic acids is 1. The minimum absolute atomic E-state index is 0.301. The molecule has 0 spiro atoms. The van der Waals surface area contributed by atoms with Crippen molar-refractivity contribution in [2.45, 2.75) is 13.8 Å². The second-order valence-corrected chi connectivity index (χ2v) is 3.45. The third-order valence-electron chi connectivity index (χ3n) is 2.41. The third kappa shape index (κ3) is 1.60. The predicted octanol–water partition coefficient (Wildman–Crippen LogP) is 1.40. The topological polar surface area (TPSA) is 69.6 Å². The molecule has 2 N–H and O–H groups in total. The van der Waals surface area contributed by atoms with E-state index in [-0.39, 0.29) is 0 Å². The van der Waals surface area contributed by atoms with E-state index in [0.717, 1.165) is 5.69 Å². The largest absolute Gasteiger partial charge is 0.461 e. The Morgan fingerprint density at radius 3 is 3.00 bits per heavy atom. The highest BCUT2D eigenvalue weighted by atomic mass is 16.5. The fourth-order valence-electron chi connectivity index (χ4n) is 1.51. The van der Waals surface area contributed by atoms with Crippen molar-refractivity contribution in [3.63, 3.8) is 0 Å². The zero-order valence-corrected chi connectivity index (χ0v) is 9.23. The molecular formula is C11H13N3O2. The molecule has 0 aliphatic rings. The number of aryl methyl sites for hydroxylation is 1. The molecule has 0 fully saturated rings. The average Bonchev–Trinajstić information content (AvgIpc) is 2.69. The van der Waals surface area contributed by atoms with Crippen molar-refractivity contribution in [1.82, 2.24) is 9.38 Å². The highest BCUT2D eigenvalue weighted by Gasteiger charge is 2.12. The first-order valence-corrected chi connectivity index (χ1v) is 5.04. The van der Waals surface area contributed by atoms with Gasteiger partial charge in [0.25, 0.3) is 0 Å². The number of hydrogen-bond donors (Lipinski definition) is 1. The number of pyridine rings is 1. The van der Waals surface area contributed by atoms with Gasteiger partial charge in [-0.2, -0.15) is 0 Å². The van der Waals surface area contributed by atoms with Gasteiger partial charge in [-0.25, -0.2) is 9.78 Å². The lowest BCUT2D eigenvalue weighted by molar-refractivity contribution is 0.0520. The van der Waals surface area contributed by atoms with Crippen molar-refractivity contribution in [3.8, 4) is 0 Å². The second-order valence-electron chi connectivity index (χ2n) is 3.45. The Balaban J connectivity index is 2.52. The van der Waals surface area contributed by atoms with Crippen LogP contribution in [0.2, 0.25) is 0 Å². The third-order valence-corrected chi connectivity index (χ3v) is 2.41. The summed E-state index contributed by atoms with van der Waals surface area (Å²) in [5.74, 6) is -0.413. The van der Waals surface area contributed by atoms with Crippen LogP contribution < -0.4 is 5.73 Å². The van der Waals surface area contributed by atoms with E-state index in [4.69, 9.17) is 10.5 Å². The van der Waals surface area contributed by atoms with Crippen LogP contribution in [0.5, 0.6) is 0 Å².